The molecule has 3 N–H and O–H groups in total. The van der Waals surface area contributed by atoms with Crippen molar-refractivity contribution in [3.05, 3.63) is 95.6 Å². The molecule has 2 aromatic carbocycles. The molecule has 150 valence electrons. The van der Waals surface area contributed by atoms with Gasteiger partial charge in [-0.2, -0.15) is 0 Å². The van der Waals surface area contributed by atoms with E-state index in [0.717, 1.165) is 22.6 Å². The van der Waals surface area contributed by atoms with E-state index in [4.69, 9.17) is 10.5 Å². The smallest absolute Gasteiger partial charge is 0.222 e. The minimum absolute atomic E-state index is 0.301. The Morgan fingerprint density at radius 1 is 1.07 bits per heavy atom. The van der Waals surface area contributed by atoms with Crippen molar-refractivity contribution in [1.82, 2.24) is 10.3 Å². The van der Waals surface area contributed by atoms with Crippen LogP contribution in [0.25, 0.3) is 0 Å². The summed E-state index contributed by atoms with van der Waals surface area (Å²) in [6.45, 7) is 1.33. The van der Waals surface area contributed by atoms with E-state index in [1.807, 2.05) is 42.5 Å². The maximum absolute atomic E-state index is 13.1. The Bertz CT molecular complexity index is 917. The predicted molar refractivity (Wildman–Crippen MR) is 110 cm³/mol. The van der Waals surface area contributed by atoms with Crippen molar-refractivity contribution in [3.63, 3.8) is 0 Å². The number of carbonyl (C=O) groups excluding carboxylic acids is 1. The number of nitrogens with zero attached hydrogens (tertiary/aromatic N) is 1. The number of nitrogens with two attached hydrogens (primary N) is 1. The highest BCUT2D eigenvalue weighted by atomic mass is 19.1. The van der Waals surface area contributed by atoms with Crippen LogP contribution < -0.4 is 15.8 Å². The average Bonchev–Trinajstić information content (AvgIpc) is 2.74. The van der Waals surface area contributed by atoms with Gasteiger partial charge in [0.1, 0.15) is 18.2 Å². The molecule has 5 nitrogen and oxygen atoms in total. The number of hydrogen-bond donors (Lipinski definition) is 2. The first kappa shape index (κ1) is 20.5. The van der Waals surface area contributed by atoms with Crippen LogP contribution in [0.3, 0.4) is 0 Å². The summed E-state index contributed by atoms with van der Waals surface area (Å²) >= 11 is 0. The minimum atomic E-state index is -0.387. The number of carbonyl (C=O) groups is 1. The molecule has 1 amide bonds. The summed E-state index contributed by atoms with van der Waals surface area (Å²) in [5.41, 5.74) is 8.25. The van der Waals surface area contributed by atoms with E-state index in [0.29, 0.717) is 26.1 Å². The Labute approximate surface area is 169 Å². The third-order valence-corrected chi connectivity index (χ3v) is 4.58. The molecular weight excluding hydrogens is 369 g/mol. The number of amides is 1. The molecular formula is C23H24FN3O2. The fourth-order valence-electron chi connectivity index (χ4n) is 2.99. The van der Waals surface area contributed by atoms with E-state index in [-0.39, 0.29) is 17.6 Å². The molecule has 0 bridgehead atoms. The Morgan fingerprint density at radius 2 is 1.83 bits per heavy atom. The zero-order valence-electron chi connectivity index (χ0n) is 16.1. The van der Waals surface area contributed by atoms with E-state index >= 15 is 0 Å². The Hall–Kier alpha value is -3.25. The van der Waals surface area contributed by atoms with Gasteiger partial charge >= 0.3 is 0 Å². The lowest BCUT2D eigenvalue weighted by Crippen LogP contribution is -2.34. The van der Waals surface area contributed by atoms with E-state index in [2.05, 4.69) is 10.3 Å². The summed E-state index contributed by atoms with van der Waals surface area (Å²) in [6, 6.07) is 19.5. The maximum atomic E-state index is 13.1. The van der Waals surface area contributed by atoms with Gasteiger partial charge < -0.3 is 15.8 Å². The van der Waals surface area contributed by atoms with E-state index in [1.54, 1.807) is 18.3 Å². The van der Waals surface area contributed by atoms with Gasteiger partial charge in [0.05, 0.1) is 11.6 Å². The van der Waals surface area contributed by atoms with Crippen molar-refractivity contribution in [3.8, 4) is 5.75 Å². The van der Waals surface area contributed by atoms with Gasteiger partial charge in [0.15, 0.2) is 0 Å². The van der Waals surface area contributed by atoms with Gasteiger partial charge in [0.25, 0.3) is 0 Å². The highest BCUT2D eigenvalue weighted by molar-refractivity contribution is 5.77. The van der Waals surface area contributed by atoms with Crippen molar-refractivity contribution in [2.45, 2.75) is 19.6 Å². The Balaban J connectivity index is 1.55. The number of ether oxygens (including phenoxy) is 1. The van der Waals surface area contributed by atoms with Crippen LogP contribution in [0.4, 0.5) is 4.39 Å². The molecule has 6 heteroatoms. The van der Waals surface area contributed by atoms with Gasteiger partial charge in [-0.15, -0.1) is 0 Å². The molecule has 0 unspecified atom stereocenters. The number of benzene rings is 2. The molecule has 3 aromatic rings. The van der Waals surface area contributed by atoms with Crippen molar-refractivity contribution in [2.75, 3.05) is 6.54 Å². The minimum Gasteiger partial charge on any atom is -0.487 e. The molecule has 1 aromatic heterocycles. The monoisotopic (exact) mass is 393 g/mol. The predicted octanol–water partition coefficient (Wildman–Crippen LogP) is 3.23. The summed E-state index contributed by atoms with van der Waals surface area (Å²) in [7, 11) is 0. The molecule has 1 heterocycles. The summed E-state index contributed by atoms with van der Waals surface area (Å²) in [5.74, 6) is -0.312. The van der Waals surface area contributed by atoms with Crippen LogP contribution in [0, 0.1) is 11.7 Å². The quantitative estimate of drug-likeness (QED) is 0.554. The molecule has 0 saturated heterocycles. The summed E-state index contributed by atoms with van der Waals surface area (Å²) in [6.07, 6.45) is 2.19. The first-order valence-corrected chi connectivity index (χ1v) is 9.47. The number of nitrogens with one attached hydrogen (secondary N) is 1. The van der Waals surface area contributed by atoms with Crippen molar-refractivity contribution in [1.29, 1.82) is 0 Å². The van der Waals surface area contributed by atoms with Gasteiger partial charge in [-0.3, -0.25) is 9.78 Å². The Morgan fingerprint density at radius 3 is 2.55 bits per heavy atom. The van der Waals surface area contributed by atoms with Crippen LogP contribution in [0.2, 0.25) is 0 Å². The van der Waals surface area contributed by atoms with Crippen LogP contribution in [0.1, 0.15) is 16.8 Å². The summed E-state index contributed by atoms with van der Waals surface area (Å²) < 4.78 is 19.0. The summed E-state index contributed by atoms with van der Waals surface area (Å²) in [5, 5.41) is 3.28. The zero-order chi connectivity index (χ0) is 20.5. The van der Waals surface area contributed by atoms with Gasteiger partial charge in [0, 0.05) is 24.8 Å². The number of pyridine rings is 1. The number of rotatable bonds is 10. The molecule has 29 heavy (non-hydrogen) atoms. The molecule has 0 aliphatic rings. The molecule has 3 rings (SSSR count). The normalized spacial score (nSPS) is 11.8. The number of hydrogen-bond acceptors (Lipinski definition) is 4. The fourth-order valence-corrected chi connectivity index (χ4v) is 2.99. The Kier molecular flexibility index (Phi) is 7.30. The first-order valence-electron chi connectivity index (χ1n) is 9.47. The highest BCUT2D eigenvalue weighted by Gasteiger charge is 2.16. The van der Waals surface area contributed by atoms with Gasteiger partial charge in [-0.25, -0.2) is 4.39 Å². The fraction of sp³-hybridized carbons (Fsp3) is 0.217. The molecule has 0 saturated carbocycles. The number of halogens is 1. The van der Waals surface area contributed by atoms with Gasteiger partial charge in [-0.05, 0) is 42.3 Å². The largest absolute Gasteiger partial charge is 0.487 e. The number of para-hydroxylation sites is 1. The SMILES string of the molecule is NC(=O)[C@H](CNCc1ccccc1OCc1ccccn1)Cc1ccc(F)cc1. The first-order chi connectivity index (χ1) is 14.1. The molecule has 0 aliphatic heterocycles. The van der Waals surface area contributed by atoms with Gasteiger partial charge in [0.2, 0.25) is 5.91 Å². The van der Waals surface area contributed by atoms with Crippen LogP contribution in [0.15, 0.2) is 72.9 Å². The lowest BCUT2D eigenvalue weighted by atomic mass is 9.98. The molecule has 1 atom stereocenters. The van der Waals surface area contributed by atoms with Crippen LogP contribution >= 0.6 is 0 Å². The molecule has 0 radical (unpaired) electrons. The third kappa shape index (κ3) is 6.40. The lowest BCUT2D eigenvalue weighted by molar-refractivity contribution is -0.121. The second-order valence-corrected chi connectivity index (χ2v) is 6.78. The number of aromatic nitrogens is 1. The maximum Gasteiger partial charge on any atom is 0.222 e. The van der Waals surface area contributed by atoms with Gasteiger partial charge in [-0.1, -0.05) is 36.4 Å². The zero-order valence-corrected chi connectivity index (χ0v) is 16.1. The standard InChI is InChI=1S/C23H24FN3O2/c24-20-10-8-17(9-11-20)13-19(23(25)28)15-26-14-18-5-1-2-7-22(18)29-16-21-6-3-4-12-27-21/h1-12,19,26H,13-16H2,(H2,25,28)/t19-/m0/s1. The van der Waals surface area contributed by atoms with E-state index in [9.17, 15) is 9.18 Å². The molecule has 0 spiro atoms. The van der Waals surface area contributed by atoms with E-state index in [1.165, 1.54) is 12.1 Å². The van der Waals surface area contributed by atoms with Crippen molar-refractivity contribution >= 4 is 5.91 Å². The second-order valence-electron chi connectivity index (χ2n) is 6.78. The second kappa shape index (κ2) is 10.3. The average molecular weight is 393 g/mol. The highest BCUT2D eigenvalue weighted by Crippen LogP contribution is 2.19. The van der Waals surface area contributed by atoms with Crippen LogP contribution in [-0.4, -0.2) is 17.4 Å². The number of primary amides is 1. The van der Waals surface area contributed by atoms with Crippen LogP contribution in [0.5, 0.6) is 5.75 Å². The molecule has 0 fully saturated rings. The summed E-state index contributed by atoms with van der Waals surface area (Å²) in [4.78, 5) is 16.1. The van der Waals surface area contributed by atoms with E-state index < -0.39 is 0 Å². The third-order valence-electron chi connectivity index (χ3n) is 4.58. The lowest BCUT2D eigenvalue weighted by Gasteiger charge is -2.16. The topological polar surface area (TPSA) is 77.2 Å². The van der Waals surface area contributed by atoms with Crippen molar-refractivity contribution < 1.29 is 13.9 Å². The van der Waals surface area contributed by atoms with Crippen molar-refractivity contribution in [2.24, 2.45) is 11.7 Å². The van der Waals surface area contributed by atoms with Crippen LogP contribution in [-0.2, 0) is 24.4 Å². The molecule has 0 aliphatic carbocycles.